The van der Waals surface area contributed by atoms with Crippen molar-refractivity contribution < 1.29 is 4.74 Å². The quantitative estimate of drug-likeness (QED) is 0.547. The van der Waals surface area contributed by atoms with E-state index >= 15 is 0 Å². The Kier molecular flexibility index (Phi) is 6.70. The Bertz CT molecular complexity index is 238. The van der Waals surface area contributed by atoms with Crippen LogP contribution in [0.4, 0.5) is 0 Å². The minimum absolute atomic E-state index is 0.598. The molecular formula is C18H34O. The summed E-state index contributed by atoms with van der Waals surface area (Å²) in [7, 11) is 0. The summed E-state index contributed by atoms with van der Waals surface area (Å²) in [4.78, 5) is 0. The Labute approximate surface area is 120 Å². The molecule has 2 saturated carbocycles. The molecule has 0 aliphatic heterocycles. The highest BCUT2D eigenvalue weighted by molar-refractivity contribution is 4.86. The van der Waals surface area contributed by atoms with Crippen LogP contribution in [0.1, 0.15) is 84.5 Å². The number of hydrogen-bond acceptors (Lipinski definition) is 1. The summed E-state index contributed by atoms with van der Waals surface area (Å²) in [6.07, 6.45) is 16.0. The molecule has 1 nitrogen and oxygen atoms in total. The third-order valence-electron chi connectivity index (χ3n) is 5.47. The summed E-state index contributed by atoms with van der Waals surface area (Å²) in [6, 6.07) is 0. The van der Waals surface area contributed by atoms with E-state index in [9.17, 15) is 0 Å². The molecule has 4 unspecified atom stereocenters. The molecular weight excluding hydrogens is 232 g/mol. The van der Waals surface area contributed by atoms with Crippen molar-refractivity contribution in [2.45, 2.75) is 90.6 Å². The number of fused-ring (bicyclic) bond motifs is 1. The highest BCUT2D eigenvalue weighted by Gasteiger charge is 2.35. The van der Waals surface area contributed by atoms with Gasteiger partial charge in [-0.1, -0.05) is 46.0 Å². The zero-order valence-electron chi connectivity index (χ0n) is 13.2. The van der Waals surface area contributed by atoms with Crippen molar-refractivity contribution >= 4 is 0 Å². The van der Waals surface area contributed by atoms with Crippen molar-refractivity contribution in [3.8, 4) is 0 Å². The van der Waals surface area contributed by atoms with E-state index < -0.39 is 0 Å². The normalized spacial score (nSPS) is 35.1. The molecule has 0 aromatic carbocycles. The maximum atomic E-state index is 6.11. The maximum absolute atomic E-state index is 6.11. The van der Waals surface area contributed by atoms with Gasteiger partial charge in [-0.2, -0.15) is 0 Å². The topological polar surface area (TPSA) is 9.23 Å². The zero-order valence-corrected chi connectivity index (χ0v) is 13.2. The fourth-order valence-corrected chi connectivity index (χ4v) is 4.37. The van der Waals surface area contributed by atoms with E-state index in [1.165, 1.54) is 70.6 Å². The molecule has 2 aliphatic carbocycles. The van der Waals surface area contributed by atoms with Gasteiger partial charge in [0.25, 0.3) is 0 Å². The first-order valence-electron chi connectivity index (χ1n) is 8.95. The lowest BCUT2D eigenvalue weighted by atomic mass is 9.66. The molecule has 112 valence electrons. The standard InChI is InChI=1S/C18H34O/c1-3-5-6-12-19-18-11-10-16-13-15(7-4-2)8-9-17(16)14-18/h15-18H,3-14H2,1-2H3. The second-order valence-corrected chi connectivity index (χ2v) is 7.00. The number of rotatable bonds is 7. The maximum Gasteiger partial charge on any atom is 0.0578 e. The van der Waals surface area contributed by atoms with Crippen LogP contribution in [0.15, 0.2) is 0 Å². The Balaban J connectivity index is 1.67. The first-order chi connectivity index (χ1) is 9.33. The van der Waals surface area contributed by atoms with Crippen molar-refractivity contribution in [1.82, 2.24) is 0 Å². The first-order valence-corrected chi connectivity index (χ1v) is 8.95. The van der Waals surface area contributed by atoms with Gasteiger partial charge in [-0.15, -0.1) is 0 Å². The van der Waals surface area contributed by atoms with Gasteiger partial charge in [-0.3, -0.25) is 0 Å². The van der Waals surface area contributed by atoms with Gasteiger partial charge in [0, 0.05) is 6.61 Å². The minimum atomic E-state index is 0.598. The van der Waals surface area contributed by atoms with Crippen LogP contribution in [-0.2, 0) is 4.74 Å². The predicted octanol–water partition coefficient (Wildman–Crippen LogP) is 5.58. The van der Waals surface area contributed by atoms with Crippen molar-refractivity contribution in [3.63, 3.8) is 0 Å². The molecule has 4 atom stereocenters. The lowest BCUT2D eigenvalue weighted by molar-refractivity contribution is -0.0208. The summed E-state index contributed by atoms with van der Waals surface area (Å²) in [6.45, 7) is 5.61. The molecule has 0 amide bonds. The largest absolute Gasteiger partial charge is 0.378 e. The molecule has 0 radical (unpaired) electrons. The van der Waals surface area contributed by atoms with Gasteiger partial charge in [0.2, 0.25) is 0 Å². The summed E-state index contributed by atoms with van der Waals surface area (Å²) in [5, 5.41) is 0. The highest BCUT2D eigenvalue weighted by atomic mass is 16.5. The fraction of sp³-hybridized carbons (Fsp3) is 1.00. The molecule has 0 spiro atoms. The van der Waals surface area contributed by atoms with Crippen LogP contribution in [0.5, 0.6) is 0 Å². The number of unbranched alkanes of at least 4 members (excludes halogenated alkanes) is 2. The van der Waals surface area contributed by atoms with Gasteiger partial charge in [-0.05, 0) is 56.3 Å². The van der Waals surface area contributed by atoms with Crippen molar-refractivity contribution in [3.05, 3.63) is 0 Å². The Morgan fingerprint density at radius 2 is 1.63 bits per heavy atom. The van der Waals surface area contributed by atoms with Crippen LogP contribution in [0.3, 0.4) is 0 Å². The molecule has 19 heavy (non-hydrogen) atoms. The minimum Gasteiger partial charge on any atom is -0.378 e. The number of ether oxygens (including phenoxy) is 1. The molecule has 0 saturated heterocycles. The smallest absolute Gasteiger partial charge is 0.0578 e. The molecule has 0 heterocycles. The van der Waals surface area contributed by atoms with Crippen LogP contribution >= 0.6 is 0 Å². The van der Waals surface area contributed by atoms with E-state index in [-0.39, 0.29) is 0 Å². The molecule has 0 aromatic heterocycles. The average Bonchev–Trinajstić information content (AvgIpc) is 2.44. The SMILES string of the molecule is CCCCCOC1CCC2CC(CCC)CCC2C1. The third kappa shape index (κ3) is 4.77. The molecule has 0 N–H and O–H groups in total. The van der Waals surface area contributed by atoms with Crippen LogP contribution in [-0.4, -0.2) is 12.7 Å². The van der Waals surface area contributed by atoms with E-state index in [1.807, 2.05) is 0 Å². The second-order valence-electron chi connectivity index (χ2n) is 7.00. The summed E-state index contributed by atoms with van der Waals surface area (Å²) >= 11 is 0. The van der Waals surface area contributed by atoms with Crippen LogP contribution in [0, 0.1) is 17.8 Å². The second kappa shape index (κ2) is 8.29. The number of hydrogen-bond donors (Lipinski definition) is 0. The van der Waals surface area contributed by atoms with Gasteiger partial charge in [-0.25, -0.2) is 0 Å². The third-order valence-corrected chi connectivity index (χ3v) is 5.47. The summed E-state index contributed by atoms with van der Waals surface area (Å²) in [5.41, 5.74) is 0. The molecule has 0 aromatic rings. The Hall–Kier alpha value is -0.0400. The van der Waals surface area contributed by atoms with E-state index in [0.29, 0.717) is 6.10 Å². The van der Waals surface area contributed by atoms with E-state index in [4.69, 9.17) is 4.74 Å². The first kappa shape index (κ1) is 15.4. The van der Waals surface area contributed by atoms with Gasteiger partial charge in [0.15, 0.2) is 0 Å². The molecule has 2 rings (SSSR count). The highest BCUT2D eigenvalue weighted by Crippen LogP contribution is 2.44. The Morgan fingerprint density at radius 1 is 0.842 bits per heavy atom. The van der Waals surface area contributed by atoms with Gasteiger partial charge in [0.05, 0.1) is 6.10 Å². The summed E-state index contributed by atoms with van der Waals surface area (Å²) < 4.78 is 6.11. The predicted molar refractivity (Wildman–Crippen MR) is 82.3 cm³/mol. The van der Waals surface area contributed by atoms with Gasteiger partial charge in [0.1, 0.15) is 0 Å². The van der Waals surface area contributed by atoms with Crippen LogP contribution in [0.2, 0.25) is 0 Å². The zero-order chi connectivity index (χ0) is 13.5. The molecule has 2 aliphatic rings. The summed E-state index contributed by atoms with van der Waals surface area (Å²) in [5.74, 6) is 3.09. The van der Waals surface area contributed by atoms with Crippen LogP contribution in [0.25, 0.3) is 0 Å². The molecule has 1 heteroatoms. The monoisotopic (exact) mass is 266 g/mol. The van der Waals surface area contributed by atoms with Gasteiger partial charge >= 0.3 is 0 Å². The van der Waals surface area contributed by atoms with Gasteiger partial charge < -0.3 is 4.74 Å². The molecule has 0 bridgehead atoms. The van der Waals surface area contributed by atoms with Crippen molar-refractivity contribution in [2.75, 3.05) is 6.61 Å². The van der Waals surface area contributed by atoms with E-state index in [1.54, 1.807) is 0 Å². The fourth-order valence-electron chi connectivity index (χ4n) is 4.37. The van der Waals surface area contributed by atoms with Crippen LogP contribution < -0.4 is 0 Å². The Morgan fingerprint density at radius 3 is 2.42 bits per heavy atom. The lowest BCUT2D eigenvalue weighted by Gasteiger charge is -2.42. The average molecular weight is 266 g/mol. The van der Waals surface area contributed by atoms with E-state index in [0.717, 1.165) is 24.4 Å². The van der Waals surface area contributed by atoms with E-state index in [2.05, 4.69) is 13.8 Å². The van der Waals surface area contributed by atoms with Crippen molar-refractivity contribution in [1.29, 1.82) is 0 Å². The van der Waals surface area contributed by atoms with Crippen molar-refractivity contribution in [2.24, 2.45) is 17.8 Å². The lowest BCUT2D eigenvalue weighted by Crippen LogP contribution is -2.34. The molecule has 2 fully saturated rings.